The zero-order valence-electron chi connectivity index (χ0n) is 40.6. The van der Waals surface area contributed by atoms with Gasteiger partial charge in [-0.1, -0.05) is 99.8 Å². The van der Waals surface area contributed by atoms with Crippen LogP contribution in [0.2, 0.25) is 0 Å². The van der Waals surface area contributed by atoms with Crippen LogP contribution in [0, 0.1) is 27.7 Å². The number of para-hydroxylation sites is 1. The van der Waals surface area contributed by atoms with E-state index in [1.54, 1.807) is 38.4 Å². The van der Waals surface area contributed by atoms with E-state index in [-0.39, 0.29) is 47.9 Å². The number of hydrogen-bond acceptors (Lipinski definition) is 12. The Balaban J connectivity index is 0.000000224. The molecule has 69 heavy (non-hydrogen) atoms. The predicted octanol–water partition coefficient (Wildman–Crippen LogP) is 6.90. The summed E-state index contributed by atoms with van der Waals surface area (Å²) in [7, 11) is 0. The Morgan fingerprint density at radius 3 is 1.67 bits per heavy atom. The number of carbonyl (C=O) groups excluding carboxylic acids is 2. The number of H-pyrrole nitrogens is 1. The van der Waals surface area contributed by atoms with Crippen LogP contribution in [0.3, 0.4) is 0 Å². The average Bonchev–Trinajstić information content (AvgIpc) is 3.77. The van der Waals surface area contributed by atoms with Crippen molar-refractivity contribution in [2.75, 3.05) is 28.6 Å². The summed E-state index contributed by atoms with van der Waals surface area (Å²) in [5.41, 5.74) is 17.5. The predicted molar refractivity (Wildman–Crippen MR) is 276 cm³/mol. The van der Waals surface area contributed by atoms with E-state index in [1.807, 2.05) is 101 Å². The highest BCUT2D eigenvalue weighted by Crippen LogP contribution is 2.20. The molecule has 9 N–H and O–H groups in total. The Morgan fingerprint density at radius 2 is 1.14 bits per heavy atom. The summed E-state index contributed by atoms with van der Waals surface area (Å²) in [5.74, 6) is 0.926. The maximum Gasteiger partial charge on any atom is 0.293 e. The Labute approximate surface area is 403 Å². The molecule has 1 aliphatic rings. The topological polar surface area (TPSA) is 246 Å². The highest BCUT2D eigenvalue weighted by Gasteiger charge is 2.18. The van der Waals surface area contributed by atoms with E-state index in [0.29, 0.717) is 48.5 Å². The number of fused-ring (bicyclic) bond motifs is 1. The highest BCUT2D eigenvalue weighted by atomic mass is 16.2. The second kappa shape index (κ2) is 26.5. The molecule has 17 heteroatoms. The van der Waals surface area contributed by atoms with Crippen LogP contribution in [0.25, 0.3) is 10.9 Å². The average molecular weight is 938 g/mol. The van der Waals surface area contributed by atoms with Gasteiger partial charge in [0.25, 0.3) is 11.1 Å². The first kappa shape index (κ1) is 52.2. The van der Waals surface area contributed by atoms with Gasteiger partial charge >= 0.3 is 0 Å². The number of rotatable bonds is 14. The Kier molecular flexibility index (Phi) is 20.0. The molecule has 0 aliphatic heterocycles. The second-order valence-electron chi connectivity index (χ2n) is 16.5. The molecule has 2 amide bonds. The van der Waals surface area contributed by atoms with Crippen LogP contribution in [0.5, 0.6) is 0 Å². The number of benzene rings is 2. The van der Waals surface area contributed by atoms with Crippen molar-refractivity contribution in [3.05, 3.63) is 164 Å². The molecule has 8 rings (SSSR count). The van der Waals surface area contributed by atoms with Crippen LogP contribution < -0.4 is 43.9 Å². The maximum atomic E-state index is 12.9. The molecule has 7 aromatic rings. The smallest absolute Gasteiger partial charge is 0.293 e. The van der Waals surface area contributed by atoms with Gasteiger partial charge in [0, 0.05) is 77.9 Å². The lowest BCUT2D eigenvalue weighted by atomic mass is 9.95. The van der Waals surface area contributed by atoms with Crippen molar-refractivity contribution in [3.8, 4) is 0 Å². The summed E-state index contributed by atoms with van der Waals surface area (Å²) >= 11 is 0. The largest absolute Gasteiger partial charge is 0.384 e. The van der Waals surface area contributed by atoms with Crippen molar-refractivity contribution in [2.45, 2.75) is 112 Å². The number of anilines is 4. The number of nitrogens with zero attached hydrogens (tertiary/aromatic N) is 6. The minimum Gasteiger partial charge on any atom is -0.384 e. The van der Waals surface area contributed by atoms with Gasteiger partial charge in [-0.3, -0.25) is 28.3 Å². The molecule has 0 atom stereocenters. The molecule has 0 bridgehead atoms. The van der Waals surface area contributed by atoms with Crippen LogP contribution in [0.4, 0.5) is 23.3 Å². The van der Waals surface area contributed by atoms with Gasteiger partial charge < -0.3 is 37.7 Å². The van der Waals surface area contributed by atoms with Gasteiger partial charge in [0.2, 0.25) is 11.8 Å². The Hall–Kier alpha value is -7.82. The van der Waals surface area contributed by atoms with Gasteiger partial charge in [0.05, 0.1) is 0 Å². The lowest BCUT2D eigenvalue weighted by Gasteiger charge is -2.23. The van der Waals surface area contributed by atoms with Gasteiger partial charge in [0.15, 0.2) is 11.6 Å². The van der Waals surface area contributed by atoms with Crippen molar-refractivity contribution in [1.82, 2.24) is 44.7 Å². The molecular formula is C52H67N13O4. The van der Waals surface area contributed by atoms with Gasteiger partial charge in [-0.25, -0.2) is 19.9 Å². The summed E-state index contributed by atoms with van der Waals surface area (Å²) in [6.45, 7) is 12.3. The standard InChI is InChI=1S/C24H27N7O2.C20H28N6O2.C6H6.C2H6/c1-15-11-29-23(26-10-9-18-13-27-20-6-4-3-5-19(18)20)24(33)31(15)14-22(32)28-12-17-7-8-21(25)30-16(17)2;1-13-10-23-19(25-16-6-4-3-5-7-16)20(28)26(13)12-18(27)22-11-15-8-9-17(21)24-14(15)2;1-2-4-6-5-3-1;1-2/h3-8,11,13,27H,9-10,12,14H2,1-2H3,(H2,25,30)(H,26,29)(H,28,32);8-10,16H,3-7,11-12H2,1-2H3,(H2,21,24)(H,22,27)(H,23,25);1-6H;1-2H3. The summed E-state index contributed by atoms with van der Waals surface area (Å²) in [6.07, 6.45) is 11.6. The molecule has 0 spiro atoms. The molecule has 5 heterocycles. The second-order valence-corrected chi connectivity index (χ2v) is 16.5. The molecule has 1 aliphatic carbocycles. The fourth-order valence-corrected chi connectivity index (χ4v) is 7.61. The number of carbonyl (C=O) groups is 2. The Morgan fingerprint density at radius 1 is 0.652 bits per heavy atom. The van der Waals surface area contributed by atoms with Gasteiger partial charge in [-0.05, 0) is 81.8 Å². The number of hydrogen-bond donors (Lipinski definition) is 7. The van der Waals surface area contributed by atoms with E-state index in [9.17, 15) is 19.2 Å². The van der Waals surface area contributed by atoms with Crippen LogP contribution in [-0.2, 0) is 42.2 Å². The molecule has 17 nitrogen and oxygen atoms in total. The summed E-state index contributed by atoms with van der Waals surface area (Å²) in [4.78, 5) is 70.8. The van der Waals surface area contributed by atoms with Crippen LogP contribution >= 0.6 is 0 Å². The van der Waals surface area contributed by atoms with E-state index in [2.05, 4.69) is 52.3 Å². The number of aromatic amines is 1. The molecule has 0 saturated heterocycles. The van der Waals surface area contributed by atoms with Crippen LogP contribution in [-0.4, -0.2) is 58.5 Å². The third-order valence-corrected chi connectivity index (χ3v) is 11.5. The molecule has 1 fully saturated rings. The number of pyridine rings is 2. The third kappa shape index (κ3) is 15.6. The van der Waals surface area contributed by atoms with Crippen molar-refractivity contribution < 1.29 is 9.59 Å². The van der Waals surface area contributed by atoms with Gasteiger partial charge in [-0.2, -0.15) is 0 Å². The molecular weight excluding hydrogens is 871 g/mol. The lowest BCUT2D eigenvalue weighted by Crippen LogP contribution is -2.36. The summed E-state index contributed by atoms with van der Waals surface area (Å²) < 4.78 is 2.88. The van der Waals surface area contributed by atoms with Crippen molar-refractivity contribution >= 4 is 46.0 Å². The SMILES string of the molecule is CC.Cc1nc(N)ccc1CNC(=O)Cn1c(C)cnc(NC2CCCCC2)c1=O.Cc1nc(N)ccc1CNC(=O)Cn1c(C)cnc(NCCc2c[nH]c3ccccc23)c1=O.c1ccccc1. The van der Waals surface area contributed by atoms with Crippen molar-refractivity contribution in [1.29, 1.82) is 0 Å². The summed E-state index contributed by atoms with van der Waals surface area (Å²) in [5, 5.41) is 13.2. The Bertz CT molecular complexity index is 2840. The molecule has 0 radical (unpaired) electrons. The molecule has 0 unspecified atom stereocenters. The van der Waals surface area contributed by atoms with Crippen molar-refractivity contribution in [3.63, 3.8) is 0 Å². The van der Waals surface area contributed by atoms with E-state index in [0.717, 1.165) is 58.2 Å². The highest BCUT2D eigenvalue weighted by molar-refractivity contribution is 5.83. The van der Waals surface area contributed by atoms with Gasteiger partial charge in [-0.15, -0.1) is 0 Å². The lowest BCUT2D eigenvalue weighted by molar-refractivity contribution is -0.122. The summed E-state index contributed by atoms with van der Waals surface area (Å²) in [6, 6.07) is 27.4. The molecule has 364 valence electrons. The van der Waals surface area contributed by atoms with Gasteiger partial charge in [0.1, 0.15) is 24.7 Å². The zero-order chi connectivity index (χ0) is 49.7. The van der Waals surface area contributed by atoms with E-state index >= 15 is 0 Å². The molecule has 1 saturated carbocycles. The number of nitrogens with one attached hydrogen (secondary N) is 5. The number of aromatic nitrogens is 7. The monoisotopic (exact) mass is 938 g/mol. The minimum absolute atomic E-state index is 0.0476. The number of aryl methyl sites for hydroxylation is 4. The number of nitrogen functional groups attached to an aromatic ring is 2. The fraction of sp³-hybridized carbons (Fsp3) is 0.346. The fourth-order valence-electron chi connectivity index (χ4n) is 7.61. The zero-order valence-corrected chi connectivity index (χ0v) is 40.6. The minimum atomic E-state index is -0.325. The maximum absolute atomic E-state index is 12.9. The molecule has 5 aromatic heterocycles. The first-order chi connectivity index (χ1) is 33.4. The number of amides is 2. The first-order valence-corrected chi connectivity index (χ1v) is 23.5. The molecule has 2 aromatic carbocycles. The first-order valence-electron chi connectivity index (χ1n) is 23.5. The third-order valence-electron chi connectivity index (χ3n) is 11.5. The quantitative estimate of drug-likeness (QED) is 0.0589. The normalized spacial score (nSPS) is 12.0. The van der Waals surface area contributed by atoms with E-state index in [4.69, 9.17) is 11.5 Å². The van der Waals surface area contributed by atoms with Crippen LogP contribution in [0.1, 0.15) is 85.4 Å². The van der Waals surface area contributed by atoms with Crippen LogP contribution in [0.15, 0.2) is 113 Å². The van der Waals surface area contributed by atoms with E-state index in [1.165, 1.54) is 28.4 Å². The van der Waals surface area contributed by atoms with Crippen molar-refractivity contribution in [2.24, 2.45) is 0 Å². The number of nitrogens with two attached hydrogens (primary N) is 2. The van der Waals surface area contributed by atoms with E-state index < -0.39 is 0 Å².